The van der Waals surface area contributed by atoms with Gasteiger partial charge in [0.1, 0.15) is 0 Å². The van der Waals surface area contributed by atoms with Crippen LogP contribution in [0.1, 0.15) is 0 Å². The predicted octanol–water partition coefficient (Wildman–Crippen LogP) is 2.27. The smallest absolute Gasteiger partial charge is 0.273 e. The molecule has 1 aromatic carbocycles. The summed E-state index contributed by atoms with van der Waals surface area (Å²) in [5.74, 6) is 0.385. The average Bonchev–Trinajstić information content (AvgIpc) is 2.07. The molecule has 0 bridgehead atoms. The van der Waals surface area contributed by atoms with Gasteiger partial charge in [-0.3, -0.25) is 10.1 Å². The summed E-state index contributed by atoms with van der Waals surface area (Å²) in [6, 6.07) is 4.18. The van der Waals surface area contributed by atoms with E-state index < -0.39 is 13.1 Å². The molecule has 84 valence electrons. The number of anilines is 1. The van der Waals surface area contributed by atoms with Gasteiger partial charge in [-0.05, 0) is 19.4 Å². The molecule has 0 saturated carbocycles. The fourth-order valence-electron chi connectivity index (χ4n) is 0.912. The topological polar surface area (TPSA) is 78.4 Å². The van der Waals surface area contributed by atoms with Gasteiger partial charge in [0.15, 0.2) is 5.75 Å². The van der Waals surface area contributed by atoms with E-state index >= 15 is 0 Å². The lowest BCUT2D eigenvalue weighted by Crippen LogP contribution is -1.94. The van der Waals surface area contributed by atoms with Gasteiger partial charge in [0.05, 0.1) is 24.8 Å². The molecule has 7 heteroatoms. The van der Waals surface area contributed by atoms with Crippen molar-refractivity contribution < 1.29 is 9.45 Å². The van der Waals surface area contributed by atoms with Crippen LogP contribution >= 0.6 is 18.0 Å². The van der Waals surface area contributed by atoms with E-state index in [1.807, 2.05) is 13.3 Å². The first kappa shape index (κ1) is 14.1. The van der Waals surface area contributed by atoms with Gasteiger partial charge < -0.3 is 10.3 Å². The minimum Gasteiger partial charge on any atom is -0.472 e. The molecule has 0 heterocycles. The Morgan fingerprint density at radius 2 is 2.07 bits per heavy atom. The molecule has 0 spiro atoms. The van der Waals surface area contributed by atoms with E-state index in [-0.39, 0.29) is 15.6 Å². The van der Waals surface area contributed by atoms with Gasteiger partial charge in [-0.1, -0.05) is 0 Å². The Bertz CT molecular complexity index is 358. The second-order valence-corrected chi connectivity index (χ2v) is 4.69. The highest BCUT2D eigenvalue weighted by Crippen LogP contribution is 2.35. The van der Waals surface area contributed by atoms with Crippen LogP contribution in [0.4, 0.5) is 11.4 Å². The maximum absolute atomic E-state index is 10.5. The molecule has 15 heavy (non-hydrogen) atoms. The first-order valence-corrected chi connectivity index (χ1v) is 6.05. The molecule has 1 atom stereocenters. The van der Waals surface area contributed by atoms with Gasteiger partial charge in [-0.15, -0.1) is 0 Å². The Morgan fingerprint density at radius 3 is 2.53 bits per heavy atom. The molecular formula is C8H14N2O3P2. The predicted molar refractivity (Wildman–Crippen MR) is 68.0 cm³/mol. The lowest BCUT2D eigenvalue weighted by atomic mass is 10.3. The summed E-state index contributed by atoms with van der Waals surface area (Å²) in [7, 11) is -0.627. The zero-order valence-electron chi connectivity index (χ0n) is 8.64. The van der Waals surface area contributed by atoms with Gasteiger partial charge >= 0.3 is 0 Å². The average molecular weight is 248 g/mol. The van der Waals surface area contributed by atoms with E-state index in [2.05, 4.69) is 0 Å². The van der Waals surface area contributed by atoms with E-state index in [1.165, 1.54) is 18.2 Å². The summed E-state index contributed by atoms with van der Waals surface area (Å²) in [4.78, 5) is 9.99. The number of nitro groups is 1. The van der Waals surface area contributed by atoms with Crippen LogP contribution in [0.15, 0.2) is 18.2 Å². The van der Waals surface area contributed by atoms with Crippen LogP contribution in [-0.2, 0) is 0 Å². The van der Waals surface area contributed by atoms with Crippen molar-refractivity contribution in [3.63, 3.8) is 0 Å². The van der Waals surface area contributed by atoms with E-state index in [1.54, 1.807) is 0 Å². The van der Waals surface area contributed by atoms with Crippen molar-refractivity contribution in [2.45, 2.75) is 0 Å². The number of non-ortho nitro benzene ring substituents is 1. The standard InChI is InChI=1S/C8H11N2O3P.H3P/c1-14(2)13-8-5-6(10(11)12)3-4-7(8)9;/h3-5H,9H2,1-2H3;1H3. The molecule has 2 N–H and O–H groups in total. The van der Waals surface area contributed by atoms with Crippen molar-refractivity contribution in [3.05, 3.63) is 28.3 Å². The Balaban J connectivity index is 0.00000196. The van der Waals surface area contributed by atoms with E-state index in [0.29, 0.717) is 11.4 Å². The van der Waals surface area contributed by atoms with Gasteiger partial charge in [0.25, 0.3) is 5.69 Å². The van der Waals surface area contributed by atoms with Crippen molar-refractivity contribution in [2.24, 2.45) is 0 Å². The zero-order chi connectivity index (χ0) is 10.7. The number of hydrogen-bond acceptors (Lipinski definition) is 4. The summed E-state index contributed by atoms with van der Waals surface area (Å²) >= 11 is 0. The third-order valence-corrected chi connectivity index (χ3v) is 2.05. The highest BCUT2D eigenvalue weighted by atomic mass is 31.1. The fourth-order valence-corrected chi connectivity index (χ4v) is 1.46. The number of nitrogens with zero attached hydrogens (tertiary/aromatic N) is 1. The summed E-state index contributed by atoms with van der Waals surface area (Å²) in [6.07, 6.45) is 0. The van der Waals surface area contributed by atoms with Crippen molar-refractivity contribution in [1.82, 2.24) is 0 Å². The van der Waals surface area contributed by atoms with E-state index in [0.717, 1.165) is 0 Å². The first-order chi connectivity index (χ1) is 6.50. The zero-order valence-corrected chi connectivity index (χ0v) is 10.9. The van der Waals surface area contributed by atoms with Crippen LogP contribution in [0.3, 0.4) is 0 Å². The molecule has 0 saturated heterocycles. The number of nitrogen functional groups attached to an aromatic ring is 1. The third-order valence-electron chi connectivity index (χ3n) is 1.49. The summed E-state index contributed by atoms with van der Waals surface area (Å²) < 4.78 is 5.37. The Labute approximate surface area is 92.6 Å². The van der Waals surface area contributed by atoms with Gasteiger partial charge in [0, 0.05) is 6.07 Å². The summed E-state index contributed by atoms with van der Waals surface area (Å²) in [5, 5.41) is 10.5. The van der Waals surface area contributed by atoms with Crippen LogP contribution in [0, 0.1) is 10.1 Å². The number of benzene rings is 1. The second-order valence-electron chi connectivity index (χ2n) is 2.88. The van der Waals surface area contributed by atoms with Crippen LogP contribution in [0.2, 0.25) is 0 Å². The van der Waals surface area contributed by atoms with Crippen LogP contribution in [0.25, 0.3) is 0 Å². The maximum atomic E-state index is 10.5. The van der Waals surface area contributed by atoms with Gasteiger partial charge in [0.2, 0.25) is 0 Å². The molecule has 5 nitrogen and oxygen atoms in total. The number of rotatable bonds is 3. The van der Waals surface area contributed by atoms with E-state index in [4.69, 9.17) is 10.3 Å². The Morgan fingerprint density at radius 1 is 1.47 bits per heavy atom. The summed E-state index contributed by atoms with van der Waals surface area (Å²) in [6.45, 7) is 3.79. The summed E-state index contributed by atoms with van der Waals surface area (Å²) in [5.41, 5.74) is 6.02. The number of hydrogen-bond donors (Lipinski definition) is 1. The van der Waals surface area contributed by atoms with Crippen molar-refractivity contribution in [1.29, 1.82) is 0 Å². The minimum absolute atomic E-state index is 0. The minimum atomic E-state index is -0.627. The molecule has 0 radical (unpaired) electrons. The van der Waals surface area contributed by atoms with Gasteiger partial charge in [-0.25, -0.2) is 0 Å². The van der Waals surface area contributed by atoms with Crippen molar-refractivity contribution in [3.8, 4) is 5.75 Å². The quantitative estimate of drug-likeness (QED) is 0.385. The Hall–Kier alpha value is -0.920. The molecule has 0 aliphatic rings. The Kier molecular flexibility index (Phi) is 5.48. The lowest BCUT2D eigenvalue weighted by molar-refractivity contribution is -0.384. The number of nitro benzene ring substituents is 1. The molecule has 0 aliphatic heterocycles. The second kappa shape index (κ2) is 5.84. The monoisotopic (exact) mass is 248 g/mol. The number of nitrogens with two attached hydrogens (primary N) is 1. The fraction of sp³-hybridized carbons (Fsp3) is 0.250. The van der Waals surface area contributed by atoms with Crippen molar-refractivity contribution >= 4 is 29.4 Å². The third kappa shape index (κ3) is 3.98. The molecule has 1 unspecified atom stereocenters. The van der Waals surface area contributed by atoms with Crippen LogP contribution in [0.5, 0.6) is 5.75 Å². The normalized spacial score (nSPS) is 9.53. The van der Waals surface area contributed by atoms with Crippen LogP contribution in [-0.4, -0.2) is 18.3 Å². The molecule has 0 aromatic heterocycles. The molecular weight excluding hydrogens is 234 g/mol. The highest BCUT2D eigenvalue weighted by Gasteiger charge is 2.10. The first-order valence-electron chi connectivity index (χ1n) is 3.90. The van der Waals surface area contributed by atoms with E-state index in [9.17, 15) is 10.1 Å². The molecule has 0 amide bonds. The molecule has 1 aromatic rings. The van der Waals surface area contributed by atoms with Crippen LogP contribution < -0.4 is 10.3 Å². The maximum Gasteiger partial charge on any atom is 0.273 e. The largest absolute Gasteiger partial charge is 0.472 e. The molecule has 0 aliphatic carbocycles. The molecule has 1 rings (SSSR count). The van der Waals surface area contributed by atoms with Gasteiger partial charge in [-0.2, -0.15) is 9.90 Å². The highest BCUT2D eigenvalue weighted by molar-refractivity contribution is 7.51. The van der Waals surface area contributed by atoms with Crippen molar-refractivity contribution in [2.75, 3.05) is 19.1 Å². The SMILES string of the molecule is CP(C)Oc1cc([N+](=O)[O-])ccc1N.P. The lowest BCUT2D eigenvalue weighted by Gasteiger charge is -2.10. The molecule has 0 fully saturated rings.